The zero-order valence-electron chi connectivity index (χ0n) is 18.2. The fraction of sp³-hybridized carbons (Fsp3) is 0.200. The number of fused-ring (bicyclic) bond motifs is 2. The standard InChI is InChI=1S/C25H23N3O5S/c29-14-20(25(30)31)26-13-15-4-6-19-23(10-15)34-28-24(19)27-18-3-1-2-16(11-18)17-5-7-21-22(12-17)33-9-8-32-21/h1-7,10-12,20,26,29H,8-9,13-14H2,(H,27,28)(H,30,31)/t20-/m0/s1. The van der Waals surface area contributed by atoms with Crippen molar-refractivity contribution in [1.29, 1.82) is 0 Å². The van der Waals surface area contributed by atoms with Crippen molar-refractivity contribution >= 4 is 39.1 Å². The van der Waals surface area contributed by atoms with E-state index < -0.39 is 18.6 Å². The summed E-state index contributed by atoms with van der Waals surface area (Å²) in [5, 5.41) is 25.5. The van der Waals surface area contributed by atoms with Crippen molar-refractivity contribution in [2.75, 3.05) is 25.1 Å². The van der Waals surface area contributed by atoms with Gasteiger partial charge in [0.15, 0.2) is 17.3 Å². The molecule has 4 N–H and O–H groups in total. The summed E-state index contributed by atoms with van der Waals surface area (Å²) in [5.74, 6) is 1.21. The van der Waals surface area contributed by atoms with Gasteiger partial charge in [0, 0.05) is 17.6 Å². The van der Waals surface area contributed by atoms with Gasteiger partial charge in [-0.25, -0.2) is 0 Å². The molecule has 1 aliphatic heterocycles. The van der Waals surface area contributed by atoms with Crippen LogP contribution in [0.3, 0.4) is 0 Å². The van der Waals surface area contributed by atoms with E-state index >= 15 is 0 Å². The lowest BCUT2D eigenvalue weighted by atomic mass is 10.0. The number of hydrogen-bond acceptors (Lipinski definition) is 8. The number of aliphatic carboxylic acids is 1. The minimum atomic E-state index is -1.08. The Kier molecular flexibility index (Phi) is 6.31. The highest BCUT2D eigenvalue weighted by Crippen LogP contribution is 2.36. The zero-order valence-corrected chi connectivity index (χ0v) is 19.0. The van der Waals surface area contributed by atoms with Crippen molar-refractivity contribution in [3.63, 3.8) is 0 Å². The van der Waals surface area contributed by atoms with E-state index in [1.165, 1.54) is 11.5 Å². The quantitative estimate of drug-likeness (QED) is 0.301. The van der Waals surface area contributed by atoms with Crippen LogP contribution in [0.2, 0.25) is 0 Å². The summed E-state index contributed by atoms with van der Waals surface area (Å²) in [4.78, 5) is 11.1. The molecule has 0 aliphatic carbocycles. The third-order valence-corrected chi connectivity index (χ3v) is 6.38. The maximum absolute atomic E-state index is 11.1. The van der Waals surface area contributed by atoms with Crippen molar-refractivity contribution in [2.24, 2.45) is 0 Å². The number of aromatic nitrogens is 1. The molecule has 1 aliphatic rings. The first-order chi connectivity index (χ1) is 16.6. The fourth-order valence-electron chi connectivity index (χ4n) is 3.79. The van der Waals surface area contributed by atoms with Crippen LogP contribution in [-0.4, -0.2) is 46.4 Å². The van der Waals surface area contributed by atoms with Gasteiger partial charge in [0.25, 0.3) is 0 Å². The van der Waals surface area contributed by atoms with Gasteiger partial charge >= 0.3 is 5.97 Å². The molecule has 8 nitrogen and oxygen atoms in total. The Morgan fingerprint density at radius 3 is 2.68 bits per heavy atom. The molecule has 1 atom stereocenters. The number of carboxylic acids is 1. The van der Waals surface area contributed by atoms with Gasteiger partial charge in [0.1, 0.15) is 19.3 Å². The number of aliphatic hydroxyl groups excluding tert-OH is 1. The zero-order chi connectivity index (χ0) is 23.5. The van der Waals surface area contributed by atoms with E-state index in [1.807, 2.05) is 54.6 Å². The second-order valence-electron chi connectivity index (χ2n) is 7.88. The number of anilines is 2. The van der Waals surface area contributed by atoms with Crippen LogP contribution in [0.1, 0.15) is 5.56 Å². The van der Waals surface area contributed by atoms with E-state index in [0.29, 0.717) is 19.8 Å². The van der Waals surface area contributed by atoms with Crippen LogP contribution in [0, 0.1) is 0 Å². The Labute approximate surface area is 199 Å². The molecule has 34 heavy (non-hydrogen) atoms. The number of aliphatic hydroxyl groups is 1. The first-order valence-electron chi connectivity index (χ1n) is 10.8. The largest absolute Gasteiger partial charge is 0.486 e. The van der Waals surface area contributed by atoms with Crippen LogP contribution in [-0.2, 0) is 11.3 Å². The van der Waals surface area contributed by atoms with E-state index in [4.69, 9.17) is 19.7 Å². The molecule has 0 spiro atoms. The molecule has 0 saturated carbocycles. The average molecular weight is 478 g/mol. The number of hydrogen-bond donors (Lipinski definition) is 4. The Morgan fingerprint density at radius 1 is 1.03 bits per heavy atom. The molecule has 3 aromatic carbocycles. The molecule has 5 rings (SSSR count). The van der Waals surface area contributed by atoms with Crippen molar-refractivity contribution in [3.8, 4) is 22.6 Å². The van der Waals surface area contributed by atoms with Crippen LogP contribution in [0.25, 0.3) is 21.2 Å². The summed E-state index contributed by atoms with van der Waals surface area (Å²) < 4.78 is 16.9. The number of carboxylic acid groups (broad SMARTS) is 1. The molecule has 0 saturated heterocycles. The minimum absolute atomic E-state index is 0.339. The number of ether oxygens (including phenoxy) is 2. The van der Waals surface area contributed by atoms with Crippen LogP contribution in [0.5, 0.6) is 11.5 Å². The highest BCUT2D eigenvalue weighted by atomic mass is 32.1. The average Bonchev–Trinajstić information content (AvgIpc) is 3.26. The summed E-state index contributed by atoms with van der Waals surface area (Å²) in [6.45, 7) is 0.994. The highest BCUT2D eigenvalue weighted by Gasteiger charge is 2.16. The Morgan fingerprint density at radius 2 is 1.85 bits per heavy atom. The van der Waals surface area contributed by atoms with E-state index in [0.717, 1.165) is 49.8 Å². The lowest BCUT2D eigenvalue weighted by Gasteiger charge is -2.19. The molecular weight excluding hydrogens is 454 g/mol. The fourth-order valence-corrected chi connectivity index (χ4v) is 4.59. The van der Waals surface area contributed by atoms with Gasteiger partial charge in [-0.15, -0.1) is 0 Å². The monoisotopic (exact) mass is 477 g/mol. The molecule has 174 valence electrons. The van der Waals surface area contributed by atoms with Crippen molar-refractivity contribution < 1.29 is 24.5 Å². The molecule has 0 radical (unpaired) electrons. The Bertz CT molecular complexity index is 1340. The van der Waals surface area contributed by atoms with Gasteiger partial charge in [-0.05, 0) is 64.6 Å². The molecule has 4 aromatic rings. The van der Waals surface area contributed by atoms with E-state index in [-0.39, 0.29) is 0 Å². The summed E-state index contributed by atoms with van der Waals surface area (Å²) in [7, 11) is 0. The predicted octanol–water partition coefficient (Wildman–Crippen LogP) is 4.01. The lowest BCUT2D eigenvalue weighted by Crippen LogP contribution is -2.39. The van der Waals surface area contributed by atoms with Crippen molar-refractivity contribution in [3.05, 3.63) is 66.2 Å². The van der Waals surface area contributed by atoms with Gasteiger partial charge in [-0.2, -0.15) is 4.37 Å². The molecule has 1 aromatic heterocycles. The summed E-state index contributed by atoms with van der Waals surface area (Å²) in [6, 6.07) is 18.9. The highest BCUT2D eigenvalue weighted by molar-refractivity contribution is 7.13. The van der Waals surface area contributed by atoms with E-state index in [9.17, 15) is 4.79 Å². The SMILES string of the molecule is O=C(O)[C@H](CO)NCc1ccc2c(Nc3cccc(-c4ccc5c(c4)OCCO5)c3)nsc2c1. The summed E-state index contributed by atoms with van der Waals surface area (Å²) in [5.41, 5.74) is 3.92. The van der Waals surface area contributed by atoms with E-state index in [2.05, 4.69) is 21.1 Å². The molecule has 0 unspecified atom stereocenters. The molecular formula is C25H23N3O5S. The molecule has 0 amide bonds. The Balaban J connectivity index is 1.33. The van der Waals surface area contributed by atoms with Crippen molar-refractivity contribution in [2.45, 2.75) is 12.6 Å². The van der Waals surface area contributed by atoms with Crippen molar-refractivity contribution in [1.82, 2.24) is 9.69 Å². The molecule has 2 heterocycles. The van der Waals surface area contributed by atoms with Crippen LogP contribution in [0.15, 0.2) is 60.7 Å². The summed E-state index contributed by atoms with van der Waals surface area (Å²) >= 11 is 1.37. The topological polar surface area (TPSA) is 113 Å². The van der Waals surface area contributed by atoms with E-state index in [1.54, 1.807) is 0 Å². The predicted molar refractivity (Wildman–Crippen MR) is 131 cm³/mol. The van der Waals surface area contributed by atoms with Gasteiger partial charge in [0.2, 0.25) is 0 Å². The van der Waals surface area contributed by atoms with Gasteiger partial charge in [-0.3, -0.25) is 10.1 Å². The van der Waals surface area contributed by atoms with Gasteiger partial charge in [-0.1, -0.05) is 24.3 Å². The van der Waals surface area contributed by atoms with Crippen LogP contribution in [0.4, 0.5) is 11.5 Å². The minimum Gasteiger partial charge on any atom is -0.486 e. The summed E-state index contributed by atoms with van der Waals surface area (Å²) in [6.07, 6.45) is 0. The first kappa shape index (κ1) is 22.1. The smallest absolute Gasteiger partial charge is 0.323 e. The van der Waals surface area contributed by atoms with Crippen LogP contribution >= 0.6 is 11.5 Å². The number of nitrogens with one attached hydrogen (secondary N) is 2. The molecule has 0 bridgehead atoms. The molecule has 0 fully saturated rings. The van der Waals surface area contributed by atoms with Gasteiger partial charge in [0.05, 0.1) is 11.3 Å². The van der Waals surface area contributed by atoms with Gasteiger partial charge < -0.3 is 25.0 Å². The number of benzene rings is 3. The number of rotatable bonds is 8. The van der Waals surface area contributed by atoms with Crippen LogP contribution < -0.4 is 20.1 Å². The third-order valence-electron chi connectivity index (χ3n) is 5.57. The first-order valence-corrected chi connectivity index (χ1v) is 11.6. The maximum Gasteiger partial charge on any atom is 0.323 e. The number of nitrogens with zero attached hydrogens (tertiary/aromatic N) is 1. The second-order valence-corrected chi connectivity index (χ2v) is 8.69. The normalized spacial score (nSPS) is 13.6. The lowest BCUT2D eigenvalue weighted by molar-refractivity contribution is -0.140. The maximum atomic E-state index is 11.1. The third kappa shape index (κ3) is 4.67. The number of carbonyl (C=O) groups is 1. The second kappa shape index (κ2) is 9.68. The molecule has 9 heteroatoms. The Hall–Kier alpha value is -3.66.